The Bertz CT molecular complexity index is 823. The van der Waals surface area contributed by atoms with E-state index < -0.39 is 6.09 Å². The first-order valence-corrected chi connectivity index (χ1v) is 6.53. The summed E-state index contributed by atoms with van der Waals surface area (Å²) in [6, 6.07) is 11.3. The van der Waals surface area contributed by atoms with Crippen LogP contribution in [-0.4, -0.2) is 17.7 Å². The van der Waals surface area contributed by atoms with Crippen LogP contribution in [0.2, 0.25) is 0 Å². The van der Waals surface area contributed by atoms with Gasteiger partial charge in [0.25, 0.3) is 0 Å². The number of benzene rings is 2. The molecule has 0 spiro atoms. The van der Waals surface area contributed by atoms with Crippen molar-refractivity contribution in [1.29, 1.82) is 0 Å². The number of hydrogen-bond donors (Lipinski definition) is 1. The maximum atomic E-state index is 12.6. The number of amides is 1. The van der Waals surface area contributed by atoms with Gasteiger partial charge in [-0.15, -0.1) is 0 Å². The highest BCUT2D eigenvalue weighted by Crippen LogP contribution is 2.31. The fraction of sp³-hybridized carbons (Fsp3) is 0. The van der Waals surface area contributed by atoms with Crippen LogP contribution >= 0.6 is 0 Å². The fourth-order valence-corrected chi connectivity index (χ4v) is 2.46. The largest absolute Gasteiger partial charge is 0.419 e. The molecule has 0 atom stereocenters. The van der Waals surface area contributed by atoms with E-state index in [1.807, 2.05) is 0 Å². The highest BCUT2D eigenvalue weighted by Gasteiger charge is 2.31. The van der Waals surface area contributed by atoms with Gasteiger partial charge in [-0.1, -0.05) is 43.0 Å². The van der Waals surface area contributed by atoms with E-state index >= 15 is 0 Å². The fourth-order valence-electron chi connectivity index (χ4n) is 2.46. The maximum absolute atomic E-state index is 12.6. The molecule has 5 nitrogen and oxygen atoms in total. The van der Waals surface area contributed by atoms with Gasteiger partial charge in [0.1, 0.15) is 0 Å². The molecule has 1 aliphatic rings. The third-order valence-corrected chi connectivity index (χ3v) is 3.38. The molecule has 0 bridgehead atoms. The van der Waals surface area contributed by atoms with Gasteiger partial charge in [0.05, 0.1) is 17.5 Å². The summed E-state index contributed by atoms with van der Waals surface area (Å²) in [5.41, 5.74) is 1.36. The molecule has 3 rings (SSSR count). The first-order chi connectivity index (χ1) is 10.6. The zero-order chi connectivity index (χ0) is 15.7. The van der Waals surface area contributed by atoms with Crippen molar-refractivity contribution in [2.45, 2.75) is 0 Å². The van der Waals surface area contributed by atoms with Gasteiger partial charge in [-0.25, -0.2) is 4.79 Å². The Morgan fingerprint density at radius 2 is 1.59 bits per heavy atom. The van der Waals surface area contributed by atoms with E-state index in [-0.39, 0.29) is 28.4 Å². The summed E-state index contributed by atoms with van der Waals surface area (Å²) in [5, 5.41) is 2.45. The van der Waals surface area contributed by atoms with Gasteiger partial charge in [-0.3, -0.25) is 14.9 Å². The van der Waals surface area contributed by atoms with Gasteiger partial charge >= 0.3 is 6.09 Å². The van der Waals surface area contributed by atoms with Crippen molar-refractivity contribution < 1.29 is 19.1 Å². The number of hydrogen-bond acceptors (Lipinski definition) is 4. The standard InChI is InChI=1S/C17H11NO4/c1-2-22-17(21)18-13-9-5-8-12-14(13)16(20)11-7-4-3-6-10(11)15(12)19/h2-9H,1H2,(H,18,21). The van der Waals surface area contributed by atoms with Gasteiger partial charge in [-0.05, 0) is 6.07 Å². The zero-order valence-corrected chi connectivity index (χ0v) is 11.5. The number of anilines is 1. The van der Waals surface area contributed by atoms with E-state index in [2.05, 4.69) is 16.6 Å². The average molecular weight is 293 g/mol. The van der Waals surface area contributed by atoms with Crippen molar-refractivity contribution in [2.75, 3.05) is 5.32 Å². The smallest absolute Gasteiger partial charge is 0.416 e. The van der Waals surface area contributed by atoms with Crippen LogP contribution in [0.4, 0.5) is 10.5 Å². The predicted molar refractivity (Wildman–Crippen MR) is 80.0 cm³/mol. The van der Waals surface area contributed by atoms with Gasteiger partial charge in [0, 0.05) is 16.7 Å². The van der Waals surface area contributed by atoms with Gasteiger partial charge in [-0.2, -0.15) is 0 Å². The minimum absolute atomic E-state index is 0.173. The van der Waals surface area contributed by atoms with E-state index in [0.29, 0.717) is 11.1 Å². The highest BCUT2D eigenvalue weighted by molar-refractivity contribution is 6.30. The molecule has 0 heterocycles. The van der Waals surface area contributed by atoms with Crippen LogP contribution in [0.3, 0.4) is 0 Å². The predicted octanol–water partition coefficient (Wildman–Crippen LogP) is 3.15. The van der Waals surface area contributed by atoms with Crippen LogP contribution in [0.1, 0.15) is 31.8 Å². The Morgan fingerprint density at radius 1 is 0.955 bits per heavy atom. The van der Waals surface area contributed by atoms with Crippen molar-refractivity contribution in [2.24, 2.45) is 0 Å². The number of nitrogens with one attached hydrogen (secondary N) is 1. The normalized spacial score (nSPS) is 12.2. The average Bonchev–Trinajstić information content (AvgIpc) is 2.53. The highest BCUT2D eigenvalue weighted by atomic mass is 16.5. The van der Waals surface area contributed by atoms with Crippen LogP contribution in [0.25, 0.3) is 0 Å². The van der Waals surface area contributed by atoms with Gasteiger partial charge < -0.3 is 4.74 Å². The molecule has 1 N–H and O–H groups in total. The molecule has 1 amide bonds. The van der Waals surface area contributed by atoms with Crippen molar-refractivity contribution in [3.63, 3.8) is 0 Å². The van der Waals surface area contributed by atoms with Crippen molar-refractivity contribution in [3.8, 4) is 0 Å². The molecule has 5 heteroatoms. The molecule has 108 valence electrons. The number of carbonyl (C=O) groups excluding carboxylic acids is 3. The SMILES string of the molecule is C=COC(=O)Nc1cccc2c1C(=O)c1ccccc1C2=O. The number of rotatable bonds is 2. The first kappa shape index (κ1) is 13.8. The Balaban J connectivity index is 2.13. The molecule has 0 saturated carbocycles. The summed E-state index contributed by atoms with van der Waals surface area (Å²) in [4.78, 5) is 36.7. The monoisotopic (exact) mass is 293 g/mol. The second kappa shape index (κ2) is 5.29. The number of fused-ring (bicyclic) bond motifs is 2. The summed E-state index contributed by atoms with van der Waals surface area (Å²) in [6.07, 6.45) is 0.204. The minimum atomic E-state index is -0.775. The van der Waals surface area contributed by atoms with Crippen LogP contribution in [0.15, 0.2) is 55.3 Å². The maximum Gasteiger partial charge on any atom is 0.416 e. The quantitative estimate of drug-likeness (QED) is 0.737. The lowest BCUT2D eigenvalue weighted by molar-refractivity contribution is 0.0979. The van der Waals surface area contributed by atoms with Crippen molar-refractivity contribution in [3.05, 3.63) is 77.6 Å². The Labute approximate surface area is 126 Å². The van der Waals surface area contributed by atoms with E-state index in [0.717, 1.165) is 6.26 Å². The molecule has 2 aromatic rings. The Morgan fingerprint density at radius 3 is 2.27 bits per heavy atom. The molecule has 0 aliphatic heterocycles. The van der Waals surface area contributed by atoms with Crippen molar-refractivity contribution >= 4 is 23.3 Å². The third kappa shape index (κ3) is 2.09. The number of ether oxygens (including phenoxy) is 1. The van der Waals surface area contributed by atoms with Gasteiger partial charge in [0.2, 0.25) is 0 Å². The first-order valence-electron chi connectivity index (χ1n) is 6.53. The molecular weight excluding hydrogens is 282 g/mol. The second-order valence-corrected chi connectivity index (χ2v) is 4.63. The summed E-state index contributed by atoms with van der Waals surface area (Å²) in [6.45, 7) is 3.28. The van der Waals surface area contributed by atoms with Crippen LogP contribution in [0.5, 0.6) is 0 Å². The molecule has 0 saturated heterocycles. The molecule has 2 aromatic carbocycles. The van der Waals surface area contributed by atoms with Crippen molar-refractivity contribution in [1.82, 2.24) is 0 Å². The molecule has 0 unspecified atom stereocenters. The van der Waals surface area contributed by atoms with Gasteiger partial charge in [0.15, 0.2) is 11.6 Å². The van der Waals surface area contributed by atoms with Crippen LogP contribution in [0, 0.1) is 0 Å². The molecule has 22 heavy (non-hydrogen) atoms. The van der Waals surface area contributed by atoms with Crippen LogP contribution in [-0.2, 0) is 4.74 Å². The Kier molecular flexibility index (Phi) is 3.31. The summed E-state index contributed by atoms with van der Waals surface area (Å²) in [5.74, 6) is -0.550. The summed E-state index contributed by atoms with van der Waals surface area (Å²) >= 11 is 0. The topological polar surface area (TPSA) is 72.5 Å². The lowest BCUT2D eigenvalue weighted by Gasteiger charge is -2.19. The molecule has 0 fully saturated rings. The third-order valence-electron chi connectivity index (χ3n) is 3.38. The summed E-state index contributed by atoms with van der Waals surface area (Å²) in [7, 11) is 0. The minimum Gasteiger partial charge on any atom is -0.419 e. The Hall–Kier alpha value is -3.21. The molecule has 0 aromatic heterocycles. The lowest BCUT2D eigenvalue weighted by Crippen LogP contribution is -2.23. The number of carbonyl (C=O) groups is 3. The second-order valence-electron chi connectivity index (χ2n) is 4.63. The molecule has 1 aliphatic carbocycles. The summed E-state index contributed by atoms with van der Waals surface area (Å²) < 4.78 is 4.59. The molecule has 0 radical (unpaired) electrons. The zero-order valence-electron chi connectivity index (χ0n) is 11.5. The van der Waals surface area contributed by atoms with E-state index in [1.165, 1.54) is 0 Å². The van der Waals surface area contributed by atoms with E-state index in [4.69, 9.17) is 0 Å². The number of ketones is 2. The molecular formula is C17H11NO4. The lowest BCUT2D eigenvalue weighted by atomic mass is 9.83. The van der Waals surface area contributed by atoms with E-state index in [9.17, 15) is 14.4 Å². The van der Waals surface area contributed by atoms with E-state index in [1.54, 1.807) is 42.5 Å². The van der Waals surface area contributed by atoms with Crippen LogP contribution < -0.4 is 5.32 Å².